The molecule has 0 spiro atoms. The highest BCUT2D eigenvalue weighted by molar-refractivity contribution is 7.87. The van der Waals surface area contributed by atoms with Crippen LogP contribution in [0.3, 0.4) is 0 Å². The molecule has 4 nitrogen and oxygen atoms in total. The lowest BCUT2D eigenvalue weighted by Crippen LogP contribution is -2.37. The highest BCUT2D eigenvalue weighted by Gasteiger charge is 2.48. The second-order valence-corrected chi connectivity index (χ2v) is 3.53. The van der Waals surface area contributed by atoms with Gasteiger partial charge in [-0.3, -0.25) is 9.92 Å². The van der Waals surface area contributed by atoms with Crippen LogP contribution in [-0.2, 0) is 14.3 Å². The molecule has 80 valence electrons. The monoisotopic (exact) mass is 229 g/mol. The zero-order valence-corrected chi connectivity index (χ0v) is 6.62. The first-order valence-corrected chi connectivity index (χ1v) is 3.99. The summed E-state index contributed by atoms with van der Waals surface area (Å²) in [5, 5.41) is 0. The largest absolute Gasteiger partial charge is 0.523 e. The van der Waals surface area contributed by atoms with Crippen molar-refractivity contribution in [2.75, 3.05) is 6.61 Å². The van der Waals surface area contributed by atoms with Gasteiger partial charge < -0.3 is 0 Å². The van der Waals surface area contributed by atoms with Crippen LogP contribution in [0, 0.1) is 0 Å². The zero-order valence-electron chi connectivity index (χ0n) is 5.81. The number of rotatable bonds is 3. The summed E-state index contributed by atoms with van der Waals surface area (Å²) in [6.45, 7) is -2.05. The number of halogens is 5. The molecule has 0 saturated carbocycles. The van der Waals surface area contributed by atoms with Crippen molar-refractivity contribution in [3.05, 3.63) is 0 Å². The lowest BCUT2D eigenvalue weighted by molar-refractivity contribution is -0.0700. The summed E-state index contributed by atoms with van der Waals surface area (Å²) in [5.74, 6) is 0. The number of hydrogen-bond acceptors (Lipinski definition) is 4. The van der Waals surface area contributed by atoms with Crippen molar-refractivity contribution >= 4 is 10.1 Å². The number of nitrogens with two attached hydrogens (primary N) is 1. The fourth-order valence-electron chi connectivity index (χ4n) is 0.223. The van der Waals surface area contributed by atoms with Gasteiger partial charge in [0.15, 0.2) is 0 Å². The Balaban J connectivity index is 4.40. The van der Waals surface area contributed by atoms with E-state index in [1.807, 2.05) is 0 Å². The van der Waals surface area contributed by atoms with Gasteiger partial charge in [-0.25, -0.2) is 0 Å². The Bertz CT molecular complexity index is 264. The van der Waals surface area contributed by atoms with Crippen LogP contribution in [0.1, 0.15) is 0 Å². The average molecular weight is 229 g/mol. The molecule has 0 aromatic carbocycles. The maximum Gasteiger partial charge on any atom is 0.523 e. The molecule has 0 rings (SSSR count). The lowest BCUT2D eigenvalue weighted by Gasteiger charge is -2.11. The van der Waals surface area contributed by atoms with Crippen LogP contribution in [0.5, 0.6) is 0 Å². The molecule has 0 saturated heterocycles. The van der Waals surface area contributed by atoms with E-state index >= 15 is 0 Å². The molecule has 0 aliphatic carbocycles. The van der Waals surface area contributed by atoms with E-state index in [-0.39, 0.29) is 0 Å². The van der Waals surface area contributed by atoms with Gasteiger partial charge in [0.1, 0.15) is 6.61 Å². The molecule has 0 aromatic rings. The first-order valence-electron chi connectivity index (χ1n) is 2.58. The van der Waals surface area contributed by atoms with E-state index in [4.69, 9.17) is 0 Å². The fraction of sp³-hybridized carbons (Fsp3) is 1.00. The van der Waals surface area contributed by atoms with Gasteiger partial charge in [0.05, 0.1) is 0 Å². The van der Waals surface area contributed by atoms with Crippen LogP contribution in [0.15, 0.2) is 0 Å². The van der Waals surface area contributed by atoms with Crippen molar-refractivity contribution in [3.63, 3.8) is 0 Å². The quantitative estimate of drug-likeness (QED) is 0.329. The van der Waals surface area contributed by atoms with E-state index in [0.717, 1.165) is 0 Å². The number of hydrogen-bond donors (Lipinski definition) is 1. The average Bonchev–Trinajstić information content (AvgIpc) is 1.79. The SMILES string of the molecule is NC(F)(F)COS(=O)(=O)C(F)(F)F. The highest BCUT2D eigenvalue weighted by Crippen LogP contribution is 2.25. The normalized spacial score (nSPS) is 14.6. The molecule has 0 fully saturated rings. The van der Waals surface area contributed by atoms with E-state index in [2.05, 4.69) is 9.92 Å². The molecule has 0 bridgehead atoms. The third-order valence-corrected chi connectivity index (χ3v) is 1.69. The van der Waals surface area contributed by atoms with Crippen molar-refractivity contribution in [3.8, 4) is 0 Å². The molecule has 0 unspecified atom stereocenters. The second-order valence-electron chi connectivity index (χ2n) is 1.92. The Hall–Kier alpha value is -0.480. The summed E-state index contributed by atoms with van der Waals surface area (Å²) >= 11 is 0. The molecule has 2 N–H and O–H groups in total. The van der Waals surface area contributed by atoms with Crippen LogP contribution in [0.4, 0.5) is 22.0 Å². The standard InChI is InChI=1S/C3H4F5NO3S/c4-2(5,9)1-12-13(10,11)3(6,7)8/h1,9H2. The van der Waals surface area contributed by atoms with E-state index in [1.54, 1.807) is 0 Å². The Morgan fingerprint density at radius 2 is 1.54 bits per heavy atom. The van der Waals surface area contributed by atoms with Crippen LogP contribution >= 0.6 is 0 Å². The maximum atomic E-state index is 11.7. The van der Waals surface area contributed by atoms with Crippen LogP contribution in [-0.4, -0.2) is 26.6 Å². The molecule has 13 heavy (non-hydrogen) atoms. The van der Waals surface area contributed by atoms with Gasteiger partial charge in [0.2, 0.25) is 0 Å². The third-order valence-electron chi connectivity index (χ3n) is 0.690. The summed E-state index contributed by atoms with van der Waals surface area (Å²) in [6.07, 6.45) is 0. The van der Waals surface area contributed by atoms with Gasteiger partial charge in [-0.05, 0) is 0 Å². The molecule has 0 atom stereocenters. The summed E-state index contributed by atoms with van der Waals surface area (Å²) in [5.41, 5.74) is -1.83. The van der Waals surface area contributed by atoms with Crippen LogP contribution in [0.25, 0.3) is 0 Å². The van der Waals surface area contributed by atoms with Gasteiger partial charge in [-0.2, -0.15) is 30.4 Å². The molecule has 0 amide bonds. The van der Waals surface area contributed by atoms with E-state index < -0.39 is 28.3 Å². The van der Waals surface area contributed by atoms with Gasteiger partial charge >= 0.3 is 21.7 Å². The first-order chi connectivity index (χ1) is 5.46. The fourth-order valence-corrected chi connectivity index (χ4v) is 0.669. The molecule has 0 aromatic heterocycles. The highest BCUT2D eigenvalue weighted by atomic mass is 32.2. The summed E-state index contributed by atoms with van der Waals surface area (Å²) < 4.78 is 80.4. The third kappa shape index (κ3) is 4.33. The minimum absolute atomic E-state index is 2.05. The first kappa shape index (κ1) is 12.5. The van der Waals surface area contributed by atoms with Gasteiger partial charge in [-0.1, -0.05) is 0 Å². The summed E-state index contributed by atoms with van der Waals surface area (Å²) in [7, 11) is -5.99. The molecule has 0 aliphatic rings. The molecule has 0 heterocycles. The molecule has 0 aliphatic heterocycles. The second kappa shape index (κ2) is 3.35. The Morgan fingerprint density at radius 1 is 1.15 bits per heavy atom. The van der Waals surface area contributed by atoms with Gasteiger partial charge in [0.25, 0.3) is 0 Å². The Labute approximate surface area is 69.6 Å². The minimum atomic E-state index is -5.99. The summed E-state index contributed by atoms with van der Waals surface area (Å²) in [6, 6.07) is -4.13. The lowest BCUT2D eigenvalue weighted by atomic mass is 10.6. The molecular weight excluding hydrogens is 225 g/mol. The van der Waals surface area contributed by atoms with Crippen LogP contribution < -0.4 is 5.73 Å². The smallest absolute Gasteiger partial charge is 0.270 e. The molecule has 10 heteroatoms. The van der Waals surface area contributed by atoms with Crippen molar-refractivity contribution in [1.82, 2.24) is 0 Å². The van der Waals surface area contributed by atoms with E-state index in [0.29, 0.717) is 0 Å². The molecule has 0 radical (unpaired) electrons. The van der Waals surface area contributed by atoms with Crippen molar-refractivity contribution in [2.45, 2.75) is 11.6 Å². The Morgan fingerprint density at radius 3 is 1.77 bits per heavy atom. The maximum absolute atomic E-state index is 11.7. The minimum Gasteiger partial charge on any atom is -0.270 e. The van der Waals surface area contributed by atoms with Crippen molar-refractivity contribution in [1.29, 1.82) is 0 Å². The predicted molar refractivity (Wildman–Crippen MR) is 30.1 cm³/mol. The van der Waals surface area contributed by atoms with E-state index in [1.165, 1.54) is 0 Å². The van der Waals surface area contributed by atoms with Crippen LogP contribution in [0.2, 0.25) is 0 Å². The van der Waals surface area contributed by atoms with Gasteiger partial charge in [0, 0.05) is 0 Å². The van der Waals surface area contributed by atoms with Crippen molar-refractivity contribution in [2.24, 2.45) is 5.73 Å². The number of alkyl halides is 5. The van der Waals surface area contributed by atoms with E-state index in [9.17, 15) is 30.4 Å². The predicted octanol–water partition coefficient (Wildman–Crippen LogP) is 0.404. The Kier molecular flexibility index (Phi) is 3.22. The van der Waals surface area contributed by atoms with Gasteiger partial charge in [-0.15, -0.1) is 0 Å². The van der Waals surface area contributed by atoms with Crippen molar-refractivity contribution < 1.29 is 34.6 Å². The molecular formula is C3H4F5NO3S. The zero-order chi connectivity index (χ0) is 10.9. The summed E-state index contributed by atoms with van der Waals surface area (Å²) in [4.78, 5) is 0. The topological polar surface area (TPSA) is 69.4 Å².